The van der Waals surface area contributed by atoms with Crippen molar-refractivity contribution in [3.05, 3.63) is 69.2 Å². The van der Waals surface area contributed by atoms with E-state index >= 15 is 0 Å². The summed E-state index contributed by atoms with van der Waals surface area (Å²) in [6.45, 7) is 4.19. The number of rotatable bonds is 4. The van der Waals surface area contributed by atoms with Crippen LogP contribution >= 0.6 is 15.9 Å². The summed E-state index contributed by atoms with van der Waals surface area (Å²) < 4.78 is 1.09. The van der Waals surface area contributed by atoms with Gasteiger partial charge < -0.3 is 0 Å². The smallest absolute Gasteiger partial charge is 0.0511 e. The number of hydrogen-bond donors (Lipinski definition) is 2. The largest absolute Gasteiger partial charge is 0.271 e. The summed E-state index contributed by atoms with van der Waals surface area (Å²) >= 11 is 3.60. The average Bonchev–Trinajstić information content (AvgIpc) is 2.41. The van der Waals surface area contributed by atoms with E-state index in [2.05, 4.69) is 77.7 Å². The van der Waals surface area contributed by atoms with E-state index in [4.69, 9.17) is 5.84 Å². The molecule has 3 heteroatoms. The van der Waals surface area contributed by atoms with E-state index in [0.717, 1.165) is 10.9 Å². The molecule has 2 aromatic carbocycles. The molecule has 2 rings (SSSR count). The predicted molar refractivity (Wildman–Crippen MR) is 83.8 cm³/mol. The maximum Gasteiger partial charge on any atom is 0.0511 e. The molecule has 2 nitrogen and oxygen atoms in total. The number of benzene rings is 2. The van der Waals surface area contributed by atoms with Gasteiger partial charge in [0.05, 0.1) is 6.04 Å². The van der Waals surface area contributed by atoms with E-state index in [-0.39, 0.29) is 6.04 Å². The number of aryl methyl sites for hydroxylation is 2. The summed E-state index contributed by atoms with van der Waals surface area (Å²) in [6.07, 6.45) is 0.874. The Bertz CT molecular complexity index is 549. The molecule has 1 unspecified atom stereocenters. The van der Waals surface area contributed by atoms with Gasteiger partial charge in [-0.3, -0.25) is 11.3 Å². The summed E-state index contributed by atoms with van der Waals surface area (Å²) in [5.74, 6) is 5.73. The minimum absolute atomic E-state index is 0.108. The van der Waals surface area contributed by atoms with Gasteiger partial charge in [0, 0.05) is 4.47 Å². The summed E-state index contributed by atoms with van der Waals surface area (Å²) in [5, 5.41) is 0. The second-order valence-electron chi connectivity index (χ2n) is 4.93. The first-order chi connectivity index (χ1) is 9.10. The average molecular weight is 319 g/mol. The summed E-state index contributed by atoms with van der Waals surface area (Å²) in [6, 6.07) is 15.0. The number of halogens is 1. The van der Waals surface area contributed by atoms with Crippen molar-refractivity contribution < 1.29 is 0 Å². The molecule has 0 aliphatic carbocycles. The minimum Gasteiger partial charge on any atom is -0.271 e. The van der Waals surface area contributed by atoms with Crippen molar-refractivity contribution in [2.24, 2.45) is 5.84 Å². The predicted octanol–water partition coefficient (Wildman–Crippen LogP) is 3.81. The highest BCUT2D eigenvalue weighted by Crippen LogP contribution is 2.26. The fraction of sp³-hybridized carbons (Fsp3) is 0.250. The molecule has 0 heterocycles. The Hall–Kier alpha value is -1.16. The van der Waals surface area contributed by atoms with Crippen LogP contribution in [0.1, 0.15) is 28.3 Å². The normalized spacial score (nSPS) is 12.4. The third kappa shape index (κ3) is 3.66. The second-order valence-corrected chi connectivity index (χ2v) is 5.79. The van der Waals surface area contributed by atoms with E-state index in [0.29, 0.717) is 0 Å². The van der Waals surface area contributed by atoms with Crippen LogP contribution in [0, 0.1) is 13.8 Å². The van der Waals surface area contributed by atoms with Gasteiger partial charge in [-0.15, -0.1) is 0 Å². The van der Waals surface area contributed by atoms with E-state index in [9.17, 15) is 0 Å². The highest BCUT2D eigenvalue weighted by Gasteiger charge is 2.13. The lowest BCUT2D eigenvalue weighted by molar-refractivity contribution is 0.549. The molecule has 100 valence electrons. The molecule has 3 N–H and O–H groups in total. The van der Waals surface area contributed by atoms with Crippen LogP contribution in [0.3, 0.4) is 0 Å². The first-order valence-electron chi connectivity index (χ1n) is 6.38. The van der Waals surface area contributed by atoms with Crippen molar-refractivity contribution in [3.63, 3.8) is 0 Å². The molecule has 0 radical (unpaired) electrons. The van der Waals surface area contributed by atoms with E-state index in [1.54, 1.807) is 0 Å². The molecule has 0 spiro atoms. The van der Waals surface area contributed by atoms with Crippen molar-refractivity contribution in [1.29, 1.82) is 0 Å². The zero-order chi connectivity index (χ0) is 13.8. The van der Waals surface area contributed by atoms with Crippen molar-refractivity contribution in [2.75, 3.05) is 0 Å². The molecule has 0 saturated carbocycles. The molecular weight excluding hydrogens is 300 g/mol. The van der Waals surface area contributed by atoms with Crippen LogP contribution in [0.4, 0.5) is 0 Å². The number of hydrazine groups is 1. The molecule has 0 aliphatic rings. The van der Waals surface area contributed by atoms with Gasteiger partial charge in [0.15, 0.2) is 0 Å². The van der Waals surface area contributed by atoms with Gasteiger partial charge in [-0.05, 0) is 37.5 Å². The highest BCUT2D eigenvalue weighted by molar-refractivity contribution is 9.10. The Morgan fingerprint density at radius 2 is 1.68 bits per heavy atom. The Labute approximate surface area is 123 Å². The minimum atomic E-state index is 0.108. The highest BCUT2D eigenvalue weighted by atomic mass is 79.9. The molecule has 0 aliphatic heterocycles. The zero-order valence-electron chi connectivity index (χ0n) is 11.3. The van der Waals surface area contributed by atoms with Crippen LogP contribution in [0.25, 0.3) is 0 Å². The molecule has 19 heavy (non-hydrogen) atoms. The van der Waals surface area contributed by atoms with Gasteiger partial charge in [-0.1, -0.05) is 63.5 Å². The molecule has 1 atom stereocenters. The molecular formula is C16H19BrN2. The van der Waals surface area contributed by atoms with Crippen molar-refractivity contribution in [2.45, 2.75) is 26.3 Å². The number of hydrogen-bond acceptors (Lipinski definition) is 2. The summed E-state index contributed by atoms with van der Waals surface area (Å²) in [5.41, 5.74) is 7.91. The second kappa shape index (κ2) is 6.33. The number of nitrogens with two attached hydrogens (primary N) is 1. The topological polar surface area (TPSA) is 38.0 Å². The Morgan fingerprint density at radius 3 is 2.32 bits per heavy atom. The SMILES string of the molecule is Cc1ccc(CC(NN)c2cc(C)ccc2Br)cc1. The maximum atomic E-state index is 5.73. The Morgan fingerprint density at radius 1 is 1.05 bits per heavy atom. The van der Waals surface area contributed by atoms with Crippen molar-refractivity contribution in [3.8, 4) is 0 Å². The zero-order valence-corrected chi connectivity index (χ0v) is 12.9. The Kier molecular flexibility index (Phi) is 4.75. The molecule has 0 saturated heterocycles. The van der Waals surface area contributed by atoms with Crippen LogP contribution in [0.15, 0.2) is 46.9 Å². The monoisotopic (exact) mass is 318 g/mol. The van der Waals surface area contributed by atoms with E-state index in [1.807, 2.05) is 0 Å². The third-order valence-corrected chi connectivity index (χ3v) is 4.01. The molecule has 0 aromatic heterocycles. The van der Waals surface area contributed by atoms with Crippen LogP contribution in [0.5, 0.6) is 0 Å². The van der Waals surface area contributed by atoms with Crippen LogP contribution in [-0.2, 0) is 6.42 Å². The maximum absolute atomic E-state index is 5.73. The van der Waals surface area contributed by atoms with Gasteiger partial charge in [-0.25, -0.2) is 0 Å². The first-order valence-corrected chi connectivity index (χ1v) is 7.17. The van der Waals surface area contributed by atoms with Crippen LogP contribution in [0.2, 0.25) is 0 Å². The quantitative estimate of drug-likeness (QED) is 0.664. The number of nitrogens with one attached hydrogen (secondary N) is 1. The molecule has 0 amide bonds. The molecule has 2 aromatic rings. The molecule has 0 bridgehead atoms. The van der Waals surface area contributed by atoms with Gasteiger partial charge in [0.2, 0.25) is 0 Å². The van der Waals surface area contributed by atoms with Crippen molar-refractivity contribution >= 4 is 15.9 Å². The standard InChI is InChI=1S/C16H19BrN2/c1-11-3-6-13(7-4-11)10-16(19-18)14-9-12(2)5-8-15(14)17/h3-9,16,19H,10,18H2,1-2H3. The van der Waals surface area contributed by atoms with Crippen LogP contribution < -0.4 is 11.3 Å². The molecule has 0 fully saturated rings. The Balaban J connectivity index is 2.24. The van der Waals surface area contributed by atoms with Gasteiger partial charge >= 0.3 is 0 Å². The fourth-order valence-electron chi connectivity index (χ4n) is 2.15. The lowest BCUT2D eigenvalue weighted by atomic mass is 9.97. The van der Waals surface area contributed by atoms with E-state index < -0.39 is 0 Å². The van der Waals surface area contributed by atoms with Crippen molar-refractivity contribution in [1.82, 2.24) is 5.43 Å². The summed E-state index contributed by atoms with van der Waals surface area (Å²) in [4.78, 5) is 0. The van der Waals surface area contributed by atoms with Crippen LogP contribution in [-0.4, -0.2) is 0 Å². The van der Waals surface area contributed by atoms with E-state index in [1.165, 1.54) is 22.3 Å². The lowest BCUT2D eigenvalue weighted by Gasteiger charge is -2.18. The fourth-order valence-corrected chi connectivity index (χ4v) is 2.67. The lowest BCUT2D eigenvalue weighted by Crippen LogP contribution is -2.29. The van der Waals surface area contributed by atoms with Gasteiger partial charge in [0.25, 0.3) is 0 Å². The van der Waals surface area contributed by atoms with Gasteiger partial charge in [0.1, 0.15) is 0 Å². The summed E-state index contributed by atoms with van der Waals surface area (Å²) in [7, 11) is 0. The third-order valence-electron chi connectivity index (χ3n) is 3.29. The first kappa shape index (κ1) is 14.3. The van der Waals surface area contributed by atoms with Gasteiger partial charge in [-0.2, -0.15) is 0 Å².